The Balaban J connectivity index is 2.74. The number of rotatable bonds is 4. The molecule has 1 heterocycles. The third kappa shape index (κ3) is 2.76. The van der Waals surface area contributed by atoms with E-state index in [4.69, 9.17) is 0 Å². The van der Waals surface area contributed by atoms with E-state index in [-0.39, 0.29) is 5.97 Å². The number of likely N-dealkylation sites (N-methyl/N-ethyl adjacent to an activating group) is 1. The number of esters is 1. The number of ether oxygens (including phenoxy) is 1. The molecule has 1 aromatic heterocycles. The maximum Gasteiger partial charge on any atom is 0.324 e. The summed E-state index contributed by atoms with van der Waals surface area (Å²) >= 11 is 0. The van der Waals surface area contributed by atoms with Gasteiger partial charge in [0, 0.05) is 0 Å². The predicted octanol–water partition coefficient (Wildman–Crippen LogP) is -0.344. The number of carbonyl (C=O) groups excluding carboxylic acids is 1. The molecule has 0 aromatic carbocycles. The first-order chi connectivity index (χ1) is 7.08. The lowest BCUT2D eigenvalue weighted by Crippen LogP contribution is -2.39. The molecule has 0 spiro atoms. The van der Waals surface area contributed by atoms with Crippen LogP contribution in [0.1, 0.15) is 11.6 Å². The van der Waals surface area contributed by atoms with E-state index < -0.39 is 6.04 Å². The van der Waals surface area contributed by atoms with Crippen molar-refractivity contribution < 1.29 is 9.53 Å². The number of aromatic nitrogens is 3. The maximum absolute atomic E-state index is 11.3. The van der Waals surface area contributed by atoms with Crippen molar-refractivity contribution in [1.82, 2.24) is 20.1 Å². The molecule has 0 bridgehead atoms. The molecule has 6 nitrogen and oxygen atoms in total. The molecule has 0 aliphatic heterocycles. The van der Waals surface area contributed by atoms with Crippen molar-refractivity contribution in [1.29, 1.82) is 0 Å². The maximum atomic E-state index is 11.3. The van der Waals surface area contributed by atoms with Gasteiger partial charge >= 0.3 is 5.97 Å². The lowest BCUT2D eigenvalue weighted by Gasteiger charge is -2.13. The fourth-order valence-electron chi connectivity index (χ4n) is 1.33. The normalized spacial score (nSPS) is 12.5. The monoisotopic (exact) mass is 212 g/mol. The van der Waals surface area contributed by atoms with E-state index in [0.29, 0.717) is 12.4 Å². The van der Waals surface area contributed by atoms with Crippen molar-refractivity contribution in [2.75, 3.05) is 14.2 Å². The zero-order valence-electron chi connectivity index (χ0n) is 9.44. The summed E-state index contributed by atoms with van der Waals surface area (Å²) in [6.07, 6.45) is 0. The smallest absolute Gasteiger partial charge is 0.324 e. The highest BCUT2D eigenvalue weighted by molar-refractivity contribution is 5.75. The molecule has 1 N–H and O–H groups in total. The van der Waals surface area contributed by atoms with Gasteiger partial charge in [0.1, 0.15) is 17.7 Å². The van der Waals surface area contributed by atoms with Crippen LogP contribution < -0.4 is 5.32 Å². The van der Waals surface area contributed by atoms with Gasteiger partial charge in [-0.05, 0) is 20.9 Å². The summed E-state index contributed by atoms with van der Waals surface area (Å²) in [5.74, 6) is 1.19. The molecule has 0 aliphatic rings. The van der Waals surface area contributed by atoms with E-state index in [0.717, 1.165) is 5.82 Å². The number of nitrogens with zero attached hydrogens (tertiary/aromatic N) is 3. The molecule has 0 aliphatic carbocycles. The first-order valence-electron chi connectivity index (χ1n) is 4.71. The molecule has 6 heteroatoms. The van der Waals surface area contributed by atoms with Crippen molar-refractivity contribution in [3.05, 3.63) is 11.6 Å². The van der Waals surface area contributed by atoms with Crippen LogP contribution in [0.15, 0.2) is 0 Å². The summed E-state index contributed by atoms with van der Waals surface area (Å²) in [7, 11) is 3.08. The Morgan fingerprint density at radius 2 is 2.27 bits per heavy atom. The Kier molecular flexibility index (Phi) is 3.79. The van der Waals surface area contributed by atoms with Gasteiger partial charge in [-0.25, -0.2) is 9.67 Å². The third-order valence-electron chi connectivity index (χ3n) is 2.15. The van der Waals surface area contributed by atoms with Gasteiger partial charge in [0.2, 0.25) is 0 Å². The minimum absolute atomic E-state index is 0.301. The predicted molar refractivity (Wildman–Crippen MR) is 54.4 cm³/mol. The van der Waals surface area contributed by atoms with E-state index in [1.54, 1.807) is 11.7 Å². The van der Waals surface area contributed by atoms with Crippen molar-refractivity contribution in [3.63, 3.8) is 0 Å². The number of hydrogen-bond donors (Lipinski definition) is 1. The molecule has 0 fully saturated rings. The van der Waals surface area contributed by atoms with Crippen LogP contribution in [0.5, 0.6) is 0 Å². The van der Waals surface area contributed by atoms with E-state index in [9.17, 15) is 4.79 Å². The van der Waals surface area contributed by atoms with Gasteiger partial charge in [-0.3, -0.25) is 4.79 Å². The topological polar surface area (TPSA) is 69.0 Å². The zero-order chi connectivity index (χ0) is 11.4. The van der Waals surface area contributed by atoms with Crippen molar-refractivity contribution >= 4 is 5.97 Å². The number of hydrogen-bond acceptors (Lipinski definition) is 5. The number of aryl methyl sites for hydroxylation is 2. The SMILES string of the molecule is CNC(Cn1nc(C)nc1C)C(=O)OC. The van der Waals surface area contributed by atoms with Crippen LogP contribution in [0.25, 0.3) is 0 Å². The second-order valence-corrected chi connectivity index (χ2v) is 3.25. The molecule has 0 amide bonds. The Morgan fingerprint density at radius 1 is 1.60 bits per heavy atom. The van der Waals surface area contributed by atoms with Gasteiger partial charge < -0.3 is 10.1 Å². The van der Waals surface area contributed by atoms with Crippen molar-refractivity contribution in [2.24, 2.45) is 0 Å². The number of nitrogens with one attached hydrogen (secondary N) is 1. The van der Waals surface area contributed by atoms with Crippen LogP contribution in [0.2, 0.25) is 0 Å². The number of carbonyl (C=O) groups is 1. The van der Waals surface area contributed by atoms with Gasteiger partial charge in [0.25, 0.3) is 0 Å². The molecule has 15 heavy (non-hydrogen) atoms. The van der Waals surface area contributed by atoms with Gasteiger partial charge in [-0.1, -0.05) is 0 Å². The highest BCUT2D eigenvalue weighted by atomic mass is 16.5. The fourth-order valence-corrected chi connectivity index (χ4v) is 1.33. The lowest BCUT2D eigenvalue weighted by molar-refractivity contribution is -0.143. The van der Waals surface area contributed by atoms with Gasteiger partial charge in [0.15, 0.2) is 0 Å². The molecular weight excluding hydrogens is 196 g/mol. The average Bonchev–Trinajstić information content (AvgIpc) is 2.52. The Bertz CT molecular complexity index is 348. The average molecular weight is 212 g/mol. The van der Waals surface area contributed by atoms with Crippen LogP contribution >= 0.6 is 0 Å². The highest BCUT2D eigenvalue weighted by Gasteiger charge is 2.18. The minimum Gasteiger partial charge on any atom is -0.468 e. The summed E-state index contributed by atoms with van der Waals surface area (Å²) in [6.45, 7) is 4.09. The summed E-state index contributed by atoms with van der Waals surface area (Å²) in [6, 6.07) is -0.394. The number of methoxy groups -OCH3 is 1. The van der Waals surface area contributed by atoms with E-state index in [2.05, 4.69) is 20.1 Å². The van der Waals surface area contributed by atoms with E-state index in [1.165, 1.54) is 7.11 Å². The lowest BCUT2D eigenvalue weighted by atomic mass is 10.3. The van der Waals surface area contributed by atoms with Crippen LogP contribution in [-0.4, -0.2) is 40.9 Å². The van der Waals surface area contributed by atoms with Gasteiger partial charge in [-0.15, -0.1) is 0 Å². The Morgan fingerprint density at radius 3 is 2.67 bits per heavy atom. The summed E-state index contributed by atoms with van der Waals surface area (Å²) in [5, 5.41) is 7.05. The van der Waals surface area contributed by atoms with Crippen LogP contribution in [0.4, 0.5) is 0 Å². The molecule has 0 saturated heterocycles. The second kappa shape index (κ2) is 4.88. The molecule has 0 saturated carbocycles. The summed E-state index contributed by atoms with van der Waals surface area (Å²) in [4.78, 5) is 15.5. The molecule has 1 unspecified atom stereocenters. The minimum atomic E-state index is -0.394. The van der Waals surface area contributed by atoms with Crippen LogP contribution in [0.3, 0.4) is 0 Å². The summed E-state index contributed by atoms with van der Waals surface area (Å²) in [5.41, 5.74) is 0. The molecular formula is C9H16N4O2. The van der Waals surface area contributed by atoms with E-state index >= 15 is 0 Å². The molecule has 1 aromatic rings. The zero-order valence-corrected chi connectivity index (χ0v) is 9.44. The molecule has 1 atom stereocenters. The third-order valence-corrected chi connectivity index (χ3v) is 2.15. The second-order valence-electron chi connectivity index (χ2n) is 3.25. The highest BCUT2D eigenvalue weighted by Crippen LogP contribution is 1.99. The standard InChI is InChI=1S/C9H16N4O2/c1-6-11-7(2)13(12-6)5-8(10-3)9(14)15-4/h8,10H,5H2,1-4H3. The summed E-state index contributed by atoms with van der Waals surface area (Å²) < 4.78 is 6.35. The van der Waals surface area contributed by atoms with Crippen molar-refractivity contribution in [3.8, 4) is 0 Å². The van der Waals surface area contributed by atoms with Crippen molar-refractivity contribution in [2.45, 2.75) is 26.4 Å². The molecule has 84 valence electrons. The molecule has 0 radical (unpaired) electrons. The first kappa shape index (κ1) is 11.6. The largest absolute Gasteiger partial charge is 0.468 e. The van der Waals surface area contributed by atoms with Gasteiger partial charge in [-0.2, -0.15) is 5.10 Å². The van der Waals surface area contributed by atoms with Crippen LogP contribution in [-0.2, 0) is 16.1 Å². The van der Waals surface area contributed by atoms with E-state index in [1.807, 2.05) is 13.8 Å². The first-order valence-corrected chi connectivity index (χ1v) is 4.71. The fraction of sp³-hybridized carbons (Fsp3) is 0.667. The Hall–Kier alpha value is -1.43. The van der Waals surface area contributed by atoms with Gasteiger partial charge in [0.05, 0.1) is 13.7 Å². The quantitative estimate of drug-likeness (QED) is 0.691. The molecule has 1 rings (SSSR count). The van der Waals surface area contributed by atoms with Crippen LogP contribution in [0, 0.1) is 13.8 Å². The Labute approximate surface area is 88.6 Å².